The molecule has 1 aromatic carbocycles. The lowest BCUT2D eigenvalue weighted by molar-refractivity contribution is -0.140. The topological polar surface area (TPSA) is 57.6 Å². The van der Waals surface area contributed by atoms with Crippen molar-refractivity contribution in [3.63, 3.8) is 0 Å². The Kier molecular flexibility index (Phi) is 5.10. The first-order valence-electron chi connectivity index (χ1n) is 6.42. The minimum atomic E-state index is -0.954. The molecular weight excluding hydrogens is 242 g/mol. The highest BCUT2D eigenvalue weighted by atomic mass is 16.4. The summed E-state index contributed by atoms with van der Waals surface area (Å²) in [6.07, 6.45) is -0.146. The Hall–Kier alpha value is -1.84. The molecule has 104 valence electrons. The van der Waals surface area contributed by atoms with Crippen LogP contribution in [-0.4, -0.2) is 24.0 Å². The molecule has 1 amide bonds. The number of benzene rings is 1. The maximum Gasteiger partial charge on any atom is 0.304 e. The normalized spacial score (nSPS) is 12.3. The van der Waals surface area contributed by atoms with Gasteiger partial charge in [-0.3, -0.25) is 9.59 Å². The molecule has 1 aromatic rings. The van der Waals surface area contributed by atoms with Crippen LogP contribution in [0, 0.1) is 5.92 Å². The number of hydrogen-bond acceptors (Lipinski definition) is 2. The highest BCUT2D eigenvalue weighted by Gasteiger charge is 2.21. The summed E-state index contributed by atoms with van der Waals surface area (Å²) in [5.41, 5.74) is 2.00. The van der Waals surface area contributed by atoms with Gasteiger partial charge in [0.1, 0.15) is 0 Å². The number of carboxylic acid groups (broad SMARTS) is 1. The molecule has 0 heterocycles. The van der Waals surface area contributed by atoms with Crippen molar-refractivity contribution >= 4 is 17.6 Å². The lowest BCUT2D eigenvalue weighted by atomic mass is 10.0. The van der Waals surface area contributed by atoms with Gasteiger partial charge in [-0.1, -0.05) is 32.9 Å². The largest absolute Gasteiger partial charge is 0.481 e. The van der Waals surface area contributed by atoms with Gasteiger partial charge in [0.2, 0.25) is 5.91 Å². The molecule has 0 fully saturated rings. The maximum absolute atomic E-state index is 12.1. The molecule has 0 aliphatic heterocycles. The van der Waals surface area contributed by atoms with Crippen molar-refractivity contribution < 1.29 is 14.7 Å². The average molecular weight is 263 g/mol. The molecule has 1 N–H and O–H groups in total. The van der Waals surface area contributed by atoms with Crippen LogP contribution < -0.4 is 4.90 Å². The lowest BCUT2D eigenvalue weighted by Crippen LogP contribution is -2.32. The number of amides is 1. The highest BCUT2D eigenvalue weighted by Crippen LogP contribution is 2.21. The second kappa shape index (κ2) is 6.36. The van der Waals surface area contributed by atoms with Crippen LogP contribution in [0.15, 0.2) is 24.3 Å². The van der Waals surface area contributed by atoms with Crippen molar-refractivity contribution in [2.75, 3.05) is 11.9 Å². The van der Waals surface area contributed by atoms with E-state index in [-0.39, 0.29) is 12.3 Å². The molecule has 0 saturated carbocycles. The van der Waals surface area contributed by atoms with E-state index in [0.29, 0.717) is 5.92 Å². The van der Waals surface area contributed by atoms with Crippen molar-refractivity contribution in [3.05, 3.63) is 29.8 Å². The Labute approximate surface area is 114 Å². The summed E-state index contributed by atoms with van der Waals surface area (Å²) in [4.78, 5) is 24.2. The van der Waals surface area contributed by atoms with Gasteiger partial charge in [0.25, 0.3) is 0 Å². The molecule has 1 unspecified atom stereocenters. The van der Waals surface area contributed by atoms with E-state index >= 15 is 0 Å². The van der Waals surface area contributed by atoms with E-state index in [2.05, 4.69) is 13.8 Å². The third-order valence-corrected chi connectivity index (χ3v) is 3.18. The Morgan fingerprint density at radius 3 is 2.11 bits per heavy atom. The molecule has 4 nitrogen and oxygen atoms in total. The number of rotatable bonds is 5. The molecule has 0 aliphatic carbocycles. The monoisotopic (exact) mass is 263 g/mol. The summed E-state index contributed by atoms with van der Waals surface area (Å²) >= 11 is 0. The van der Waals surface area contributed by atoms with Gasteiger partial charge in [-0.05, 0) is 23.6 Å². The Morgan fingerprint density at radius 2 is 1.68 bits per heavy atom. The molecule has 19 heavy (non-hydrogen) atoms. The summed E-state index contributed by atoms with van der Waals surface area (Å²) in [6.45, 7) is 5.85. The first kappa shape index (κ1) is 15.2. The van der Waals surface area contributed by atoms with Crippen LogP contribution in [0.4, 0.5) is 5.69 Å². The molecule has 0 saturated heterocycles. The molecule has 0 aromatic heterocycles. The van der Waals surface area contributed by atoms with Crippen LogP contribution >= 0.6 is 0 Å². The fourth-order valence-corrected chi connectivity index (χ4v) is 1.89. The number of aliphatic carboxylic acids is 1. The zero-order valence-electron chi connectivity index (χ0n) is 11.9. The van der Waals surface area contributed by atoms with Gasteiger partial charge in [-0.25, -0.2) is 0 Å². The van der Waals surface area contributed by atoms with Crippen LogP contribution in [-0.2, 0) is 9.59 Å². The Bertz CT molecular complexity index is 451. The number of hydrogen-bond donors (Lipinski definition) is 1. The zero-order chi connectivity index (χ0) is 14.6. The van der Waals surface area contributed by atoms with Gasteiger partial charge in [0.15, 0.2) is 0 Å². The van der Waals surface area contributed by atoms with Gasteiger partial charge >= 0.3 is 5.97 Å². The summed E-state index contributed by atoms with van der Waals surface area (Å²) < 4.78 is 0. The zero-order valence-corrected chi connectivity index (χ0v) is 11.9. The Morgan fingerprint density at radius 1 is 1.16 bits per heavy atom. The summed E-state index contributed by atoms with van der Waals surface area (Å²) in [5, 5.41) is 8.71. The molecule has 1 rings (SSSR count). The van der Waals surface area contributed by atoms with Gasteiger partial charge in [-0.2, -0.15) is 0 Å². The average Bonchev–Trinajstić information content (AvgIpc) is 2.36. The van der Waals surface area contributed by atoms with Crippen LogP contribution in [0.3, 0.4) is 0 Å². The van der Waals surface area contributed by atoms with Crippen molar-refractivity contribution in [1.29, 1.82) is 0 Å². The summed E-state index contributed by atoms with van der Waals surface area (Å²) in [6, 6.07) is 7.76. The van der Waals surface area contributed by atoms with Gasteiger partial charge in [0, 0.05) is 18.7 Å². The minimum absolute atomic E-state index is 0.146. The molecular formula is C15H21NO3. The van der Waals surface area contributed by atoms with Crippen LogP contribution in [0.25, 0.3) is 0 Å². The van der Waals surface area contributed by atoms with Crippen molar-refractivity contribution in [1.82, 2.24) is 0 Å². The highest BCUT2D eigenvalue weighted by molar-refractivity contribution is 5.95. The molecule has 4 heteroatoms. The second-order valence-corrected chi connectivity index (χ2v) is 5.14. The van der Waals surface area contributed by atoms with E-state index in [9.17, 15) is 9.59 Å². The minimum Gasteiger partial charge on any atom is -0.481 e. The summed E-state index contributed by atoms with van der Waals surface area (Å²) in [7, 11) is 1.67. The van der Waals surface area contributed by atoms with E-state index in [4.69, 9.17) is 5.11 Å². The first-order valence-corrected chi connectivity index (χ1v) is 6.42. The fourth-order valence-electron chi connectivity index (χ4n) is 1.89. The van der Waals surface area contributed by atoms with E-state index in [1.165, 1.54) is 10.5 Å². The number of carbonyl (C=O) groups excluding carboxylic acids is 1. The standard InChI is InChI=1S/C15H21NO3/c1-10(2)12-5-7-13(8-6-12)16(4)15(19)11(3)9-14(17)18/h5-8,10-11H,9H2,1-4H3,(H,17,18). The third-order valence-electron chi connectivity index (χ3n) is 3.18. The molecule has 0 bridgehead atoms. The van der Waals surface area contributed by atoms with Crippen molar-refractivity contribution in [2.24, 2.45) is 5.92 Å². The number of anilines is 1. The summed E-state index contributed by atoms with van der Waals surface area (Å²) in [5.74, 6) is -1.21. The SMILES string of the molecule is CC(CC(=O)O)C(=O)N(C)c1ccc(C(C)C)cc1. The fraction of sp³-hybridized carbons (Fsp3) is 0.467. The number of carbonyl (C=O) groups is 2. The van der Waals surface area contributed by atoms with Crippen molar-refractivity contribution in [3.8, 4) is 0 Å². The van der Waals surface area contributed by atoms with Gasteiger partial charge in [0.05, 0.1) is 6.42 Å². The van der Waals surface area contributed by atoms with Crippen molar-refractivity contribution in [2.45, 2.75) is 33.1 Å². The lowest BCUT2D eigenvalue weighted by Gasteiger charge is -2.21. The second-order valence-electron chi connectivity index (χ2n) is 5.14. The number of carboxylic acids is 1. The van der Waals surface area contributed by atoms with E-state index in [1.807, 2.05) is 24.3 Å². The van der Waals surface area contributed by atoms with Crippen LogP contribution in [0.2, 0.25) is 0 Å². The smallest absolute Gasteiger partial charge is 0.304 e. The predicted molar refractivity (Wildman–Crippen MR) is 75.4 cm³/mol. The van der Waals surface area contributed by atoms with E-state index < -0.39 is 11.9 Å². The molecule has 0 spiro atoms. The van der Waals surface area contributed by atoms with Crippen LogP contribution in [0.1, 0.15) is 38.7 Å². The maximum atomic E-state index is 12.1. The van der Waals surface area contributed by atoms with E-state index in [1.54, 1.807) is 14.0 Å². The quantitative estimate of drug-likeness (QED) is 0.888. The van der Waals surface area contributed by atoms with Gasteiger partial charge < -0.3 is 10.0 Å². The third kappa shape index (κ3) is 4.09. The van der Waals surface area contributed by atoms with E-state index in [0.717, 1.165) is 5.69 Å². The first-order chi connectivity index (χ1) is 8.82. The molecule has 0 aliphatic rings. The Balaban J connectivity index is 2.79. The van der Waals surface area contributed by atoms with Gasteiger partial charge in [-0.15, -0.1) is 0 Å². The van der Waals surface area contributed by atoms with Crippen LogP contribution in [0.5, 0.6) is 0 Å². The molecule has 1 atom stereocenters. The number of nitrogens with zero attached hydrogens (tertiary/aromatic N) is 1. The predicted octanol–water partition coefficient (Wildman–Crippen LogP) is 2.88. The molecule has 0 radical (unpaired) electrons.